The molecule has 1 N–H and O–H groups in total. The molecule has 122 valence electrons. The van der Waals surface area contributed by atoms with Gasteiger partial charge in [0.05, 0.1) is 16.9 Å². The molecule has 0 saturated carbocycles. The average molecular weight is 353 g/mol. The van der Waals surface area contributed by atoms with Crippen LogP contribution >= 0.6 is 11.6 Å². The van der Waals surface area contributed by atoms with Crippen molar-refractivity contribution in [3.63, 3.8) is 0 Å². The molecule has 0 unspecified atom stereocenters. The highest BCUT2D eigenvalue weighted by Gasteiger charge is 2.21. The summed E-state index contributed by atoms with van der Waals surface area (Å²) in [4.78, 5) is 11.3. The van der Waals surface area contributed by atoms with Crippen molar-refractivity contribution in [1.29, 1.82) is 0 Å². The number of sulfonamides is 1. The summed E-state index contributed by atoms with van der Waals surface area (Å²) in [6.07, 6.45) is -0.0371. The number of aliphatic carboxylic acids is 1. The Labute approximate surface area is 140 Å². The lowest BCUT2D eigenvalue weighted by Gasteiger charge is -2.20. The molecule has 0 heterocycles. The zero-order valence-electron chi connectivity index (χ0n) is 12.3. The zero-order chi connectivity index (χ0) is 17.0. The van der Waals surface area contributed by atoms with E-state index in [4.69, 9.17) is 11.6 Å². The molecule has 0 spiro atoms. The van der Waals surface area contributed by atoms with Crippen LogP contribution in [0.5, 0.6) is 0 Å². The first-order valence-corrected chi connectivity index (χ1v) is 8.68. The highest BCUT2D eigenvalue weighted by atomic mass is 35.5. The second-order valence-electron chi connectivity index (χ2n) is 5.14. The molecule has 0 aromatic heterocycles. The van der Waals surface area contributed by atoms with Gasteiger partial charge in [-0.1, -0.05) is 41.4 Å². The summed E-state index contributed by atoms with van der Waals surface area (Å²) in [5.74, 6) is -1.49. The SMILES string of the molecule is Cc1ccc(S(=O)(=O)N[C@H](Cc2ccc(Cl)cc2)C(=O)[O-])cc1. The number of rotatable bonds is 6. The summed E-state index contributed by atoms with van der Waals surface area (Å²) < 4.78 is 26.7. The third-order valence-corrected chi connectivity index (χ3v) is 5.01. The minimum Gasteiger partial charge on any atom is -0.548 e. The fourth-order valence-electron chi connectivity index (χ4n) is 2.00. The fourth-order valence-corrected chi connectivity index (χ4v) is 3.31. The molecule has 0 amide bonds. The average Bonchev–Trinajstić information content (AvgIpc) is 2.49. The van der Waals surface area contributed by atoms with Crippen LogP contribution in [0.25, 0.3) is 0 Å². The molecule has 5 nitrogen and oxygen atoms in total. The number of aryl methyl sites for hydroxylation is 1. The van der Waals surface area contributed by atoms with Gasteiger partial charge in [-0.2, -0.15) is 0 Å². The van der Waals surface area contributed by atoms with Crippen molar-refractivity contribution in [1.82, 2.24) is 4.72 Å². The summed E-state index contributed by atoms with van der Waals surface area (Å²) in [5, 5.41) is 11.8. The largest absolute Gasteiger partial charge is 0.548 e. The van der Waals surface area contributed by atoms with E-state index in [-0.39, 0.29) is 11.3 Å². The predicted octanol–water partition coefficient (Wildman–Crippen LogP) is 1.29. The van der Waals surface area contributed by atoms with Crippen LogP contribution in [0.1, 0.15) is 11.1 Å². The van der Waals surface area contributed by atoms with Crippen molar-refractivity contribution >= 4 is 27.6 Å². The molecular formula is C16H15ClNO4S-. The van der Waals surface area contributed by atoms with Crippen LogP contribution < -0.4 is 9.83 Å². The van der Waals surface area contributed by atoms with Gasteiger partial charge in [-0.3, -0.25) is 0 Å². The van der Waals surface area contributed by atoms with Crippen LogP contribution in [0, 0.1) is 6.92 Å². The van der Waals surface area contributed by atoms with Crippen LogP contribution in [-0.2, 0) is 21.2 Å². The van der Waals surface area contributed by atoms with E-state index < -0.39 is 22.0 Å². The Morgan fingerprint density at radius 2 is 1.70 bits per heavy atom. The Morgan fingerprint density at radius 1 is 1.13 bits per heavy atom. The maximum atomic E-state index is 12.3. The molecule has 0 bridgehead atoms. The Balaban J connectivity index is 2.20. The minimum absolute atomic E-state index is 0.00505. The van der Waals surface area contributed by atoms with E-state index in [0.717, 1.165) is 5.56 Å². The lowest BCUT2D eigenvalue weighted by Crippen LogP contribution is -2.49. The van der Waals surface area contributed by atoms with Crippen LogP contribution in [0.2, 0.25) is 5.02 Å². The van der Waals surface area contributed by atoms with Crippen molar-refractivity contribution in [2.45, 2.75) is 24.3 Å². The molecule has 0 radical (unpaired) electrons. The van der Waals surface area contributed by atoms with Gasteiger partial charge in [-0.05, 0) is 43.2 Å². The van der Waals surface area contributed by atoms with Gasteiger partial charge in [0.25, 0.3) is 0 Å². The maximum Gasteiger partial charge on any atom is 0.241 e. The van der Waals surface area contributed by atoms with Crippen LogP contribution in [0.15, 0.2) is 53.4 Å². The number of carbonyl (C=O) groups is 1. The maximum absolute atomic E-state index is 12.3. The van der Waals surface area contributed by atoms with Crippen molar-refractivity contribution in [2.24, 2.45) is 0 Å². The number of carboxylic acids is 1. The molecule has 2 aromatic carbocycles. The van der Waals surface area contributed by atoms with Gasteiger partial charge in [0, 0.05) is 5.02 Å². The highest BCUT2D eigenvalue weighted by Crippen LogP contribution is 2.14. The van der Waals surface area contributed by atoms with Crippen molar-refractivity contribution in [3.8, 4) is 0 Å². The molecular weight excluding hydrogens is 338 g/mol. The Morgan fingerprint density at radius 3 is 2.22 bits per heavy atom. The smallest absolute Gasteiger partial charge is 0.241 e. The molecule has 1 atom stereocenters. The van der Waals surface area contributed by atoms with E-state index in [1.807, 2.05) is 6.92 Å². The molecule has 2 rings (SSSR count). The van der Waals surface area contributed by atoms with Crippen LogP contribution in [-0.4, -0.2) is 20.4 Å². The second kappa shape index (κ2) is 7.12. The summed E-state index contributed by atoms with van der Waals surface area (Å²) in [6, 6.07) is 11.2. The van der Waals surface area contributed by atoms with Gasteiger partial charge in [-0.25, -0.2) is 13.1 Å². The van der Waals surface area contributed by atoms with Gasteiger partial charge in [-0.15, -0.1) is 0 Å². The Kier molecular flexibility index (Phi) is 5.41. The van der Waals surface area contributed by atoms with Crippen molar-refractivity contribution in [3.05, 3.63) is 64.7 Å². The van der Waals surface area contributed by atoms with Gasteiger partial charge < -0.3 is 9.90 Å². The standard InChI is InChI=1S/C16H16ClNO4S/c1-11-2-8-14(9-3-11)23(21,22)18-15(16(19)20)10-12-4-6-13(17)7-5-12/h2-9,15,18H,10H2,1H3,(H,19,20)/p-1/t15-/m1/s1. The van der Waals surface area contributed by atoms with Crippen LogP contribution in [0.4, 0.5) is 0 Å². The van der Waals surface area contributed by atoms with E-state index in [9.17, 15) is 18.3 Å². The first-order chi connectivity index (χ1) is 10.8. The van der Waals surface area contributed by atoms with E-state index >= 15 is 0 Å². The summed E-state index contributed by atoms with van der Waals surface area (Å²) >= 11 is 5.77. The molecule has 23 heavy (non-hydrogen) atoms. The quantitative estimate of drug-likeness (QED) is 0.848. The van der Waals surface area contributed by atoms with Crippen molar-refractivity contribution in [2.75, 3.05) is 0 Å². The van der Waals surface area contributed by atoms with Gasteiger partial charge in [0.15, 0.2) is 0 Å². The molecule has 0 aliphatic carbocycles. The fraction of sp³-hybridized carbons (Fsp3) is 0.188. The number of benzene rings is 2. The van der Waals surface area contributed by atoms with Crippen LogP contribution in [0.3, 0.4) is 0 Å². The summed E-state index contributed by atoms with van der Waals surface area (Å²) in [5.41, 5.74) is 1.54. The first kappa shape index (κ1) is 17.5. The van der Waals surface area contributed by atoms with E-state index in [1.165, 1.54) is 12.1 Å². The lowest BCUT2D eigenvalue weighted by atomic mass is 10.1. The minimum atomic E-state index is -3.95. The predicted molar refractivity (Wildman–Crippen MR) is 85.5 cm³/mol. The highest BCUT2D eigenvalue weighted by molar-refractivity contribution is 7.89. The van der Waals surface area contributed by atoms with Gasteiger partial charge >= 0.3 is 0 Å². The lowest BCUT2D eigenvalue weighted by molar-refractivity contribution is -0.307. The number of carboxylic acid groups (broad SMARTS) is 1. The first-order valence-electron chi connectivity index (χ1n) is 6.82. The summed E-state index contributed by atoms with van der Waals surface area (Å²) in [6.45, 7) is 1.83. The second-order valence-corrected chi connectivity index (χ2v) is 7.29. The van der Waals surface area contributed by atoms with E-state index in [2.05, 4.69) is 4.72 Å². The molecule has 0 saturated heterocycles. The van der Waals surface area contributed by atoms with E-state index in [0.29, 0.717) is 10.6 Å². The number of carbonyl (C=O) groups excluding carboxylic acids is 1. The third kappa shape index (κ3) is 4.79. The third-order valence-electron chi connectivity index (χ3n) is 3.27. The molecule has 2 aromatic rings. The normalized spacial score (nSPS) is 12.8. The topological polar surface area (TPSA) is 86.3 Å². The Hall–Kier alpha value is -1.89. The molecule has 0 fully saturated rings. The molecule has 0 aliphatic rings. The number of nitrogens with one attached hydrogen (secondary N) is 1. The number of halogens is 1. The molecule has 7 heteroatoms. The molecule has 0 aliphatic heterocycles. The van der Waals surface area contributed by atoms with Gasteiger partial charge in [0.1, 0.15) is 0 Å². The monoisotopic (exact) mass is 352 g/mol. The zero-order valence-corrected chi connectivity index (χ0v) is 13.9. The van der Waals surface area contributed by atoms with Crippen molar-refractivity contribution < 1.29 is 18.3 Å². The Bertz CT molecular complexity index is 786. The number of hydrogen-bond acceptors (Lipinski definition) is 4. The summed E-state index contributed by atoms with van der Waals surface area (Å²) in [7, 11) is -3.95. The van der Waals surface area contributed by atoms with E-state index in [1.54, 1.807) is 36.4 Å². The van der Waals surface area contributed by atoms with Gasteiger partial charge in [0.2, 0.25) is 10.0 Å². The number of hydrogen-bond donors (Lipinski definition) is 1.